The van der Waals surface area contributed by atoms with Crippen molar-refractivity contribution in [2.24, 2.45) is 0 Å². The fraction of sp³-hybridized carbons (Fsp3) is 0.769. The van der Waals surface area contributed by atoms with Crippen molar-refractivity contribution in [2.45, 2.75) is 52.6 Å². The van der Waals surface area contributed by atoms with Gasteiger partial charge in [0.15, 0.2) is 6.21 Å². The van der Waals surface area contributed by atoms with Crippen molar-refractivity contribution >= 4 is 25.6 Å². The van der Waals surface area contributed by atoms with Crippen LogP contribution in [0.5, 0.6) is 0 Å². The van der Waals surface area contributed by atoms with E-state index in [1.54, 1.807) is 0 Å². The summed E-state index contributed by atoms with van der Waals surface area (Å²) in [6, 6.07) is 0.974. The molecule has 1 saturated heterocycles. The Morgan fingerprint density at radius 2 is 1.30 bits per heavy atom. The first-order valence-electron chi connectivity index (χ1n) is 7.26. The fourth-order valence-corrected chi connectivity index (χ4v) is 2.37. The Labute approximate surface area is 138 Å². The molecule has 0 N–H and O–H groups in total. The maximum atomic E-state index is 9.87. The Balaban J connectivity index is 0.000000585. The van der Waals surface area contributed by atoms with Crippen LogP contribution < -0.4 is 0 Å². The Hall–Kier alpha value is -0.490. The van der Waals surface area contributed by atoms with E-state index in [-0.39, 0.29) is 0 Å². The Morgan fingerprint density at radius 1 is 0.957 bits per heavy atom. The zero-order valence-electron chi connectivity index (χ0n) is 13.6. The molecule has 0 aromatic rings. The van der Waals surface area contributed by atoms with Crippen LogP contribution in [0.2, 0.25) is 0 Å². The van der Waals surface area contributed by atoms with Crippen LogP contribution in [0.25, 0.3) is 0 Å². The zero-order chi connectivity index (χ0) is 18.5. The minimum absolute atomic E-state index is 0.487. The summed E-state index contributed by atoms with van der Waals surface area (Å²) in [7, 11) is -10.7. The monoisotopic (exact) mass is 388 g/mol. The third-order valence-electron chi connectivity index (χ3n) is 2.91. The molecule has 1 aliphatic rings. The summed E-state index contributed by atoms with van der Waals surface area (Å²) in [5.41, 5.74) is 0. The molecule has 140 valence electrons. The molecule has 0 spiro atoms. The number of rotatable bonds is 4. The van der Waals surface area contributed by atoms with E-state index in [0.717, 1.165) is 18.1 Å². The second kappa shape index (κ2) is 7.18. The van der Waals surface area contributed by atoms with Crippen molar-refractivity contribution in [3.05, 3.63) is 11.2 Å². The van der Waals surface area contributed by atoms with Gasteiger partial charge in [-0.25, -0.2) is 4.58 Å². The van der Waals surface area contributed by atoms with Crippen LogP contribution in [0.4, 0.5) is 25.2 Å². The predicted molar refractivity (Wildman–Crippen MR) is 84.9 cm³/mol. The first-order valence-corrected chi connectivity index (χ1v) is 9.66. The van der Waals surface area contributed by atoms with Gasteiger partial charge in [0, 0.05) is 31.1 Å². The summed E-state index contributed by atoms with van der Waals surface area (Å²) < 4.78 is 61.5. The van der Waals surface area contributed by atoms with Gasteiger partial charge in [0.1, 0.15) is 18.1 Å². The molecule has 1 aliphatic heterocycles. The average Bonchev–Trinajstić information content (AvgIpc) is 2.73. The Bertz CT molecular complexity index is 428. The van der Waals surface area contributed by atoms with Gasteiger partial charge in [-0.1, -0.05) is 11.6 Å². The molecule has 0 amide bonds. The molecule has 23 heavy (non-hydrogen) atoms. The molecular formula is C13H24ClF6N2P. The van der Waals surface area contributed by atoms with E-state index in [9.17, 15) is 25.2 Å². The molecule has 1 rings (SSSR count). The van der Waals surface area contributed by atoms with E-state index in [2.05, 4.69) is 49.6 Å². The molecule has 10 heteroatoms. The Morgan fingerprint density at radius 3 is 1.61 bits per heavy atom. The molecule has 0 saturated carbocycles. The van der Waals surface area contributed by atoms with E-state index >= 15 is 0 Å². The van der Waals surface area contributed by atoms with Crippen molar-refractivity contribution in [1.82, 2.24) is 4.90 Å². The molecule has 1 fully saturated rings. The molecule has 0 bridgehead atoms. The van der Waals surface area contributed by atoms with Crippen LogP contribution in [0.1, 0.15) is 40.5 Å². The third kappa shape index (κ3) is 16.2. The van der Waals surface area contributed by atoms with E-state index in [1.807, 2.05) is 0 Å². The number of allylic oxidation sites excluding steroid dienone is 1. The van der Waals surface area contributed by atoms with E-state index in [0.29, 0.717) is 12.1 Å². The van der Waals surface area contributed by atoms with Crippen LogP contribution >= 0.6 is 19.4 Å². The van der Waals surface area contributed by atoms with Gasteiger partial charge in [0.05, 0.1) is 0 Å². The van der Waals surface area contributed by atoms with Crippen LogP contribution in [0.3, 0.4) is 0 Å². The van der Waals surface area contributed by atoms with Crippen LogP contribution in [-0.2, 0) is 0 Å². The van der Waals surface area contributed by atoms with Gasteiger partial charge in [-0.3, -0.25) is 0 Å². The number of halogens is 7. The maximum absolute atomic E-state index is 10.7. The molecular weight excluding hydrogens is 365 g/mol. The van der Waals surface area contributed by atoms with Gasteiger partial charge in [-0.2, -0.15) is 0 Å². The summed E-state index contributed by atoms with van der Waals surface area (Å²) >= 11 is 6.27. The van der Waals surface area contributed by atoms with Crippen LogP contribution in [0, 0.1) is 0 Å². The van der Waals surface area contributed by atoms with Crippen LogP contribution in [-0.4, -0.2) is 40.9 Å². The quantitative estimate of drug-likeness (QED) is 0.305. The predicted octanol–water partition coefficient (Wildman–Crippen LogP) is 6.44. The topological polar surface area (TPSA) is 6.25 Å². The van der Waals surface area contributed by atoms with Crippen molar-refractivity contribution in [2.75, 3.05) is 13.1 Å². The summed E-state index contributed by atoms with van der Waals surface area (Å²) in [6.07, 6.45) is 6.72. The second-order valence-electron chi connectivity index (χ2n) is 5.98. The zero-order valence-corrected chi connectivity index (χ0v) is 15.3. The first-order chi connectivity index (χ1) is 9.95. The number of hydrogen-bond donors (Lipinski definition) is 0. The van der Waals surface area contributed by atoms with Crippen molar-refractivity contribution in [1.29, 1.82) is 0 Å². The Kier molecular flexibility index (Phi) is 7.02. The van der Waals surface area contributed by atoms with Gasteiger partial charge < -0.3 is 4.90 Å². The summed E-state index contributed by atoms with van der Waals surface area (Å²) in [5, 5.41) is 0.837. The van der Waals surface area contributed by atoms with E-state index < -0.39 is 7.81 Å². The van der Waals surface area contributed by atoms with Gasteiger partial charge in [0.25, 0.3) is 0 Å². The third-order valence-corrected chi connectivity index (χ3v) is 3.11. The van der Waals surface area contributed by atoms with E-state index in [1.165, 1.54) is 12.8 Å². The fourth-order valence-electron chi connectivity index (χ4n) is 2.12. The minimum atomic E-state index is -10.7. The normalized spacial score (nSPS) is 19.2. The molecule has 2 nitrogen and oxygen atoms in total. The SMILES string of the molecule is CC(C)N(/C=C(\Cl)C=[N+]1CCCC1)C(C)C.F[P-](F)(F)(F)(F)F. The summed E-state index contributed by atoms with van der Waals surface area (Å²) in [6.45, 7) is 11.1. The van der Waals surface area contributed by atoms with Crippen molar-refractivity contribution in [3.8, 4) is 0 Å². The molecule has 0 aliphatic carbocycles. The molecule has 0 atom stereocenters. The average molecular weight is 389 g/mol. The van der Waals surface area contributed by atoms with Crippen LogP contribution in [0.15, 0.2) is 11.2 Å². The van der Waals surface area contributed by atoms with E-state index in [4.69, 9.17) is 11.6 Å². The standard InChI is InChI=1S/C13H24ClN2.F6P/c1-11(2)16(12(3)4)10-13(14)9-15-7-5-6-8-15;1-7(2,3,4,5)6/h9-12H,5-8H2,1-4H3;/q+1;-1. The van der Waals surface area contributed by atoms with Gasteiger partial charge >= 0.3 is 33.0 Å². The number of nitrogens with zero attached hydrogens (tertiary/aromatic N) is 2. The van der Waals surface area contributed by atoms with Gasteiger partial charge in [-0.15, -0.1) is 0 Å². The van der Waals surface area contributed by atoms with Crippen molar-refractivity contribution < 1.29 is 29.8 Å². The molecule has 0 unspecified atom stereocenters. The summed E-state index contributed by atoms with van der Waals surface area (Å²) in [5.74, 6) is 0. The molecule has 1 heterocycles. The van der Waals surface area contributed by atoms with Gasteiger partial charge in [-0.05, 0) is 27.7 Å². The summed E-state index contributed by atoms with van der Waals surface area (Å²) in [4.78, 5) is 2.29. The number of hydrogen-bond acceptors (Lipinski definition) is 1. The molecule has 0 aromatic carbocycles. The van der Waals surface area contributed by atoms with Gasteiger partial charge in [0.2, 0.25) is 0 Å². The molecule has 0 aromatic heterocycles. The second-order valence-corrected chi connectivity index (χ2v) is 8.33. The molecule has 0 radical (unpaired) electrons. The van der Waals surface area contributed by atoms with Crippen molar-refractivity contribution in [3.63, 3.8) is 0 Å². The first kappa shape index (κ1) is 22.5.